The molecule has 4 rings (SSSR count). The number of amides is 1. The van der Waals surface area contributed by atoms with Crippen LogP contribution in [-0.2, 0) is 4.74 Å². The lowest BCUT2D eigenvalue weighted by Crippen LogP contribution is -2.44. The van der Waals surface area contributed by atoms with Gasteiger partial charge in [-0.05, 0) is 30.7 Å². The number of benzene rings is 1. The van der Waals surface area contributed by atoms with Gasteiger partial charge in [-0.3, -0.25) is 9.69 Å². The average Bonchev–Trinajstić information content (AvgIpc) is 3.04. The maximum atomic E-state index is 13.8. The molecule has 146 valence electrons. The molecule has 1 atom stereocenters. The second kappa shape index (κ2) is 8.04. The topological polar surface area (TPSA) is 71.8 Å². The number of morpholine rings is 1. The molecule has 0 saturated carbocycles. The number of ether oxygens (including phenoxy) is 1. The number of fused-ring (bicyclic) bond motifs is 1. The van der Waals surface area contributed by atoms with E-state index in [0.717, 1.165) is 18.7 Å². The van der Waals surface area contributed by atoms with E-state index in [1.807, 2.05) is 6.07 Å². The highest BCUT2D eigenvalue weighted by atomic mass is 19.1. The van der Waals surface area contributed by atoms with Gasteiger partial charge in [-0.25, -0.2) is 13.9 Å². The molecule has 0 radical (unpaired) electrons. The molecule has 1 unspecified atom stereocenters. The summed E-state index contributed by atoms with van der Waals surface area (Å²) < 4.78 is 20.8. The summed E-state index contributed by atoms with van der Waals surface area (Å²) in [5.74, 6) is -0.523. The minimum absolute atomic E-state index is 0.140. The number of hydrogen-bond donors (Lipinski definition) is 1. The fourth-order valence-corrected chi connectivity index (χ4v) is 3.60. The Kier molecular flexibility index (Phi) is 5.31. The number of rotatable bonds is 5. The Hall–Kier alpha value is -2.84. The zero-order chi connectivity index (χ0) is 19.5. The van der Waals surface area contributed by atoms with Crippen molar-refractivity contribution in [3.63, 3.8) is 0 Å². The van der Waals surface area contributed by atoms with Crippen molar-refractivity contribution in [2.75, 3.05) is 32.8 Å². The maximum Gasteiger partial charge on any atom is 0.257 e. The Labute approximate surface area is 162 Å². The molecule has 1 aliphatic rings. The molecule has 0 bridgehead atoms. The average molecular weight is 383 g/mol. The second-order valence-corrected chi connectivity index (χ2v) is 6.78. The molecule has 1 aliphatic heterocycles. The number of nitrogens with one attached hydrogen (secondary N) is 1. The van der Waals surface area contributed by atoms with Crippen molar-refractivity contribution in [1.82, 2.24) is 24.8 Å². The Morgan fingerprint density at radius 3 is 2.93 bits per heavy atom. The molecule has 0 aliphatic carbocycles. The summed E-state index contributed by atoms with van der Waals surface area (Å²) in [6.07, 6.45) is 3.39. The summed E-state index contributed by atoms with van der Waals surface area (Å²) in [6.45, 7) is 4.85. The molecule has 1 aromatic carbocycles. The highest BCUT2D eigenvalue weighted by molar-refractivity contribution is 6.00. The minimum atomic E-state index is -0.287. The van der Waals surface area contributed by atoms with E-state index in [2.05, 4.69) is 20.3 Å². The largest absolute Gasteiger partial charge is 0.379 e. The van der Waals surface area contributed by atoms with Crippen LogP contribution < -0.4 is 5.32 Å². The molecular formula is C20H22FN5O2. The van der Waals surface area contributed by atoms with Crippen LogP contribution in [0.1, 0.15) is 27.7 Å². The van der Waals surface area contributed by atoms with Crippen molar-refractivity contribution >= 4 is 11.6 Å². The van der Waals surface area contributed by atoms with E-state index in [1.165, 1.54) is 12.1 Å². The molecule has 1 amide bonds. The van der Waals surface area contributed by atoms with Gasteiger partial charge in [0, 0.05) is 32.0 Å². The van der Waals surface area contributed by atoms with E-state index in [4.69, 9.17) is 4.74 Å². The quantitative estimate of drug-likeness (QED) is 0.730. The second-order valence-electron chi connectivity index (χ2n) is 6.78. The van der Waals surface area contributed by atoms with Gasteiger partial charge in [0.1, 0.15) is 11.4 Å². The number of halogens is 1. The van der Waals surface area contributed by atoms with Gasteiger partial charge in [-0.15, -0.1) is 0 Å². The smallest absolute Gasteiger partial charge is 0.257 e. The molecule has 7 nitrogen and oxygen atoms in total. The molecule has 8 heteroatoms. The summed E-state index contributed by atoms with van der Waals surface area (Å²) in [5, 5.41) is 7.33. The van der Waals surface area contributed by atoms with Crippen LogP contribution >= 0.6 is 0 Å². The van der Waals surface area contributed by atoms with E-state index in [-0.39, 0.29) is 17.8 Å². The lowest BCUT2D eigenvalue weighted by molar-refractivity contribution is 0.0162. The van der Waals surface area contributed by atoms with Crippen molar-refractivity contribution in [2.45, 2.75) is 13.0 Å². The Bertz CT molecular complexity index is 984. The molecule has 28 heavy (non-hydrogen) atoms. The molecule has 2 aromatic heterocycles. The third-order valence-corrected chi connectivity index (χ3v) is 4.97. The number of nitrogens with zero attached hydrogens (tertiary/aromatic N) is 4. The van der Waals surface area contributed by atoms with E-state index in [1.54, 1.807) is 36.0 Å². The molecule has 3 aromatic rings. The first-order valence-electron chi connectivity index (χ1n) is 9.29. The van der Waals surface area contributed by atoms with Crippen molar-refractivity contribution in [3.8, 4) is 0 Å². The van der Waals surface area contributed by atoms with Gasteiger partial charge in [0.15, 0.2) is 5.65 Å². The number of carbonyl (C=O) groups excluding carboxylic acids is 1. The van der Waals surface area contributed by atoms with Crippen LogP contribution in [0, 0.1) is 12.7 Å². The van der Waals surface area contributed by atoms with Gasteiger partial charge in [0.25, 0.3) is 5.91 Å². The molecule has 3 heterocycles. The standard InChI is InChI=1S/C20H22FN5O2/c1-14-18(19-22-6-3-7-26(19)24-14)20(27)23-13-17(25-8-10-28-11-9-25)15-4-2-5-16(21)12-15/h2-7,12,17H,8-11,13H2,1H3,(H,23,27). The number of aryl methyl sites for hydroxylation is 1. The highest BCUT2D eigenvalue weighted by Gasteiger charge is 2.25. The third-order valence-electron chi connectivity index (χ3n) is 4.97. The van der Waals surface area contributed by atoms with E-state index >= 15 is 0 Å². The fraction of sp³-hybridized carbons (Fsp3) is 0.350. The Balaban J connectivity index is 1.56. The first kappa shape index (κ1) is 18.5. The van der Waals surface area contributed by atoms with Crippen LogP contribution in [0.5, 0.6) is 0 Å². The first-order chi connectivity index (χ1) is 13.6. The summed E-state index contributed by atoms with van der Waals surface area (Å²) in [5.41, 5.74) is 2.42. The van der Waals surface area contributed by atoms with Crippen LogP contribution in [-0.4, -0.2) is 58.3 Å². The highest BCUT2D eigenvalue weighted by Crippen LogP contribution is 2.22. The van der Waals surface area contributed by atoms with E-state index in [0.29, 0.717) is 36.7 Å². The lowest BCUT2D eigenvalue weighted by atomic mass is 10.0. The summed E-state index contributed by atoms with van der Waals surface area (Å²) >= 11 is 0. The Morgan fingerprint density at radius 2 is 2.14 bits per heavy atom. The van der Waals surface area contributed by atoms with Crippen LogP contribution in [0.4, 0.5) is 4.39 Å². The van der Waals surface area contributed by atoms with Crippen LogP contribution in [0.3, 0.4) is 0 Å². The van der Waals surface area contributed by atoms with Gasteiger partial charge < -0.3 is 10.1 Å². The maximum absolute atomic E-state index is 13.8. The third kappa shape index (κ3) is 3.74. The molecule has 1 fully saturated rings. The van der Waals surface area contributed by atoms with Crippen molar-refractivity contribution < 1.29 is 13.9 Å². The normalized spacial score (nSPS) is 16.2. The zero-order valence-electron chi connectivity index (χ0n) is 15.6. The fourth-order valence-electron chi connectivity index (χ4n) is 3.60. The predicted molar refractivity (Wildman–Crippen MR) is 102 cm³/mol. The van der Waals surface area contributed by atoms with E-state index in [9.17, 15) is 9.18 Å². The van der Waals surface area contributed by atoms with Crippen LogP contribution in [0.15, 0.2) is 42.7 Å². The lowest BCUT2D eigenvalue weighted by Gasteiger charge is -2.35. The van der Waals surface area contributed by atoms with Crippen molar-refractivity contribution in [1.29, 1.82) is 0 Å². The summed E-state index contributed by atoms with van der Waals surface area (Å²) in [6, 6.07) is 8.15. The number of carbonyl (C=O) groups is 1. The van der Waals surface area contributed by atoms with Crippen LogP contribution in [0.2, 0.25) is 0 Å². The van der Waals surface area contributed by atoms with Gasteiger partial charge in [0.2, 0.25) is 0 Å². The monoisotopic (exact) mass is 383 g/mol. The van der Waals surface area contributed by atoms with Gasteiger partial charge in [-0.1, -0.05) is 12.1 Å². The van der Waals surface area contributed by atoms with Gasteiger partial charge >= 0.3 is 0 Å². The predicted octanol–water partition coefficient (Wildman–Crippen LogP) is 1.98. The minimum Gasteiger partial charge on any atom is -0.379 e. The zero-order valence-corrected chi connectivity index (χ0v) is 15.6. The summed E-state index contributed by atoms with van der Waals surface area (Å²) in [7, 11) is 0. The van der Waals surface area contributed by atoms with Crippen molar-refractivity contribution in [3.05, 3.63) is 65.4 Å². The number of hydrogen-bond acceptors (Lipinski definition) is 5. The summed E-state index contributed by atoms with van der Waals surface area (Å²) in [4.78, 5) is 19.4. The molecular weight excluding hydrogens is 361 g/mol. The molecule has 1 saturated heterocycles. The Morgan fingerprint density at radius 1 is 1.32 bits per heavy atom. The number of aromatic nitrogens is 3. The van der Waals surface area contributed by atoms with Gasteiger partial charge in [-0.2, -0.15) is 5.10 Å². The first-order valence-corrected chi connectivity index (χ1v) is 9.29. The molecule has 1 N–H and O–H groups in total. The SMILES string of the molecule is Cc1nn2cccnc2c1C(=O)NCC(c1cccc(F)c1)N1CCOCC1. The van der Waals surface area contributed by atoms with Crippen LogP contribution in [0.25, 0.3) is 5.65 Å². The van der Waals surface area contributed by atoms with Crippen molar-refractivity contribution in [2.24, 2.45) is 0 Å². The van der Waals surface area contributed by atoms with E-state index < -0.39 is 0 Å². The van der Waals surface area contributed by atoms with Gasteiger partial charge in [0.05, 0.1) is 24.9 Å². The molecule has 0 spiro atoms.